The largest absolute Gasteiger partial charge is 0.482 e. The third-order valence-electron chi connectivity index (χ3n) is 3.62. The van der Waals surface area contributed by atoms with E-state index in [9.17, 15) is 4.79 Å². The maximum absolute atomic E-state index is 12.3. The molecule has 0 spiro atoms. The average Bonchev–Trinajstić information content (AvgIpc) is 3.30. The van der Waals surface area contributed by atoms with Gasteiger partial charge in [-0.05, 0) is 31.2 Å². The van der Waals surface area contributed by atoms with Crippen LogP contribution in [0.2, 0.25) is 0 Å². The Hall–Kier alpha value is -3.29. The van der Waals surface area contributed by atoms with Gasteiger partial charge in [0, 0.05) is 0 Å². The first-order valence-corrected chi connectivity index (χ1v) is 7.66. The summed E-state index contributed by atoms with van der Waals surface area (Å²) in [5, 5.41) is 3.77. The van der Waals surface area contributed by atoms with Gasteiger partial charge in [-0.1, -0.05) is 17.3 Å². The van der Waals surface area contributed by atoms with E-state index in [1.807, 2.05) is 6.07 Å². The van der Waals surface area contributed by atoms with Crippen molar-refractivity contribution < 1.29 is 27.9 Å². The van der Waals surface area contributed by atoms with Gasteiger partial charge >= 0.3 is 5.97 Å². The van der Waals surface area contributed by atoms with E-state index in [1.54, 1.807) is 37.3 Å². The molecule has 0 aliphatic carbocycles. The van der Waals surface area contributed by atoms with Gasteiger partial charge in [-0.25, -0.2) is 4.79 Å². The standard InChI is InChI=1S/C17H14N2O6/c1-10-15(24-12-6-3-2-5-11(12)23-10)17(20)22-9-14-18-16(19-25-14)13-7-4-8-21-13/h2-8,10,15H,9H2,1H3. The van der Waals surface area contributed by atoms with Crippen LogP contribution in [-0.4, -0.2) is 28.3 Å². The molecule has 0 radical (unpaired) electrons. The van der Waals surface area contributed by atoms with E-state index in [0.29, 0.717) is 17.3 Å². The van der Waals surface area contributed by atoms with Crippen LogP contribution in [0.1, 0.15) is 12.8 Å². The summed E-state index contributed by atoms with van der Waals surface area (Å²) < 4.78 is 26.8. The van der Waals surface area contributed by atoms with Crippen LogP contribution in [0.3, 0.4) is 0 Å². The Bertz CT molecular complexity index is 873. The van der Waals surface area contributed by atoms with Gasteiger partial charge in [0.2, 0.25) is 11.9 Å². The Morgan fingerprint density at radius 2 is 1.96 bits per heavy atom. The lowest BCUT2D eigenvalue weighted by atomic mass is 10.2. The Morgan fingerprint density at radius 1 is 1.16 bits per heavy atom. The Balaban J connectivity index is 1.39. The third-order valence-corrected chi connectivity index (χ3v) is 3.62. The first-order valence-electron chi connectivity index (χ1n) is 7.66. The topological polar surface area (TPSA) is 96.8 Å². The molecule has 1 aliphatic heterocycles. The van der Waals surface area contributed by atoms with Gasteiger partial charge in [-0.15, -0.1) is 0 Å². The Labute approximate surface area is 142 Å². The molecular weight excluding hydrogens is 328 g/mol. The van der Waals surface area contributed by atoms with Gasteiger partial charge in [-0.3, -0.25) is 0 Å². The van der Waals surface area contributed by atoms with E-state index in [4.69, 9.17) is 23.2 Å². The predicted molar refractivity (Wildman–Crippen MR) is 82.7 cm³/mol. The smallest absolute Gasteiger partial charge is 0.351 e. The molecular formula is C17H14N2O6. The first kappa shape index (κ1) is 15.3. The number of esters is 1. The van der Waals surface area contributed by atoms with Gasteiger partial charge in [0.15, 0.2) is 23.9 Å². The quantitative estimate of drug-likeness (QED) is 0.668. The Morgan fingerprint density at radius 3 is 2.72 bits per heavy atom. The van der Waals surface area contributed by atoms with Crippen LogP contribution < -0.4 is 9.47 Å². The molecule has 3 heterocycles. The maximum Gasteiger partial charge on any atom is 0.351 e. The van der Waals surface area contributed by atoms with Crippen molar-refractivity contribution in [3.63, 3.8) is 0 Å². The van der Waals surface area contributed by atoms with E-state index in [-0.39, 0.29) is 18.3 Å². The molecule has 1 aliphatic rings. The van der Waals surface area contributed by atoms with E-state index in [0.717, 1.165) is 0 Å². The number of fused-ring (bicyclic) bond motifs is 1. The molecule has 0 N–H and O–H groups in total. The zero-order valence-electron chi connectivity index (χ0n) is 13.2. The molecule has 0 bridgehead atoms. The van der Waals surface area contributed by atoms with Crippen LogP contribution in [-0.2, 0) is 16.1 Å². The minimum Gasteiger partial charge on any atom is -0.482 e. The lowest BCUT2D eigenvalue weighted by Crippen LogP contribution is -2.44. The van der Waals surface area contributed by atoms with Gasteiger partial charge < -0.3 is 23.2 Å². The second-order valence-electron chi connectivity index (χ2n) is 5.40. The minimum atomic E-state index is -0.873. The van der Waals surface area contributed by atoms with Crippen molar-refractivity contribution in [2.24, 2.45) is 0 Å². The fraction of sp³-hybridized carbons (Fsp3) is 0.235. The van der Waals surface area contributed by atoms with Crippen molar-refractivity contribution in [3.8, 4) is 23.1 Å². The highest BCUT2D eigenvalue weighted by Gasteiger charge is 2.35. The van der Waals surface area contributed by atoms with Crippen molar-refractivity contribution in [3.05, 3.63) is 48.6 Å². The van der Waals surface area contributed by atoms with Crippen LogP contribution in [0.15, 0.2) is 51.6 Å². The zero-order chi connectivity index (χ0) is 17.2. The number of benzene rings is 1. The molecule has 8 nitrogen and oxygen atoms in total. The fourth-order valence-corrected chi connectivity index (χ4v) is 2.41. The summed E-state index contributed by atoms with van der Waals surface area (Å²) in [4.78, 5) is 16.4. The number of rotatable bonds is 4. The predicted octanol–water partition coefficient (Wildman–Crippen LogP) is 2.60. The molecule has 8 heteroatoms. The molecule has 25 heavy (non-hydrogen) atoms. The summed E-state index contributed by atoms with van der Waals surface area (Å²) in [6.07, 6.45) is 0.150. The molecule has 0 fully saturated rings. The highest BCUT2D eigenvalue weighted by molar-refractivity contribution is 5.76. The summed E-state index contributed by atoms with van der Waals surface area (Å²) in [5.74, 6) is 1.44. The normalized spacial score (nSPS) is 18.8. The number of aromatic nitrogens is 2. The molecule has 1 aromatic carbocycles. The molecule has 2 atom stereocenters. The number of carbonyl (C=O) groups is 1. The Kier molecular flexibility index (Phi) is 3.85. The summed E-state index contributed by atoms with van der Waals surface area (Å²) in [6, 6.07) is 10.6. The second kappa shape index (κ2) is 6.31. The third kappa shape index (κ3) is 3.06. The van der Waals surface area contributed by atoms with Gasteiger partial charge in [0.1, 0.15) is 6.10 Å². The SMILES string of the molecule is CC1Oc2ccccc2OC1C(=O)OCc1nc(-c2ccco2)no1. The number of ether oxygens (including phenoxy) is 3. The summed E-state index contributed by atoms with van der Waals surface area (Å²) in [7, 11) is 0. The van der Waals surface area contributed by atoms with Crippen molar-refractivity contribution >= 4 is 5.97 Å². The highest BCUT2D eigenvalue weighted by Crippen LogP contribution is 2.33. The lowest BCUT2D eigenvalue weighted by molar-refractivity contribution is -0.159. The van der Waals surface area contributed by atoms with E-state index >= 15 is 0 Å². The average molecular weight is 342 g/mol. The molecule has 0 amide bonds. The molecule has 3 aromatic rings. The maximum atomic E-state index is 12.3. The number of hydrogen-bond donors (Lipinski definition) is 0. The van der Waals surface area contributed by atoms with Crippen molar-refractivity contribution in [2.45, 2.75) is 25.7 Å². The molecule has 0 saturated carbocycles. The van der Waals surface area contributed by atoms with Crippen LogP contribution >= 0.6 is 0 Å². The highest BCUT2D eigenvalue weighted by atomic mass is 16.6. The van der Waals surface area contributed by atoms with Gasteiger partial charge in [0.25, 0.3) is 5.89 Å². The van der Waals surface area contributed by atoms with Crippen LogP contribution in [0.25, 0.3) is 11.6 Å². The first-order chi connectivity index (χ1) is 12.2. The van der Waals surface area contributed by atoms with Crippen molar-refractivity contribution in [1.29, 1.82) is 0 Å². The summed E-state index contributed by atoms with van der Waals surface area (Å²) >= 11 is 0. The van der Waals surface area contributed by atoms with E-state index in [1.165, 1.54) is 6.26 Å². The van der Waals surface area contributed by atoms with E-state index in [2.05, 4.69) is 10.1 Å². The van der Waals surface area contributed by atoms with Gasteiger partial charge in [-0.2, -0.15) is 4.98 Å². The zero-order valence-corrected chi connectivity index (χ0v) is 13.2. The molecule has 128 valence electrons. The van der Waals surface area contributed by atoms with Gasteiger partial charge in [0.05, 0.1) is 6.26 Å². The van der Waals surface area contributed by atoms with Crippen LogP contribution in [0.5, 0.6) is 11.5 Å². The molecule has 0 saturated heterocycles. The van der Waals surface area contributed by atoms with E-state index < -0.39 is 18.2 Å². The number of para-hydroxylation sites is 2. The lowest BCUT2D eigenvalue weighted by Gasteiger charge is -2.30. The second-order valence-corrected chi connectivity index (χ2v) is 5.40. The van der Waals surface area contributed by atoms with Crippen molar-refractivity contribution in [2.75, 3.05) is 0 Å². The molecule has 2 unspecified atom stereocenters. The minimum absolute atomic E-state index is 0.157. The van der Waals surface area contributed by atoms with Crippen molar-refractivity contribution in [1.82, 2.24) is 10.1 Å². The summed E-state index contributed by atoms with van der Waals surface area (Å²) in [6.45, 7) is 1.57. The van der Waals surface area contributed by atoms with Crippen LogP contribution in [0.4, 0.5) is 0 Å². The molecule has 2 aromatic heterocycles. The number of nitrogens with zero attached hydrogens (tertiary/aromatic N) is 2. The summed E-state index contributed by atoms with van der Waals surface area (Å²) in [5.41, 5.74) is 0. The monoisotopic (exact) mass is 342 g/mol. The number of furan rings is 1. The van der Waals surface area contributed by atoms with Crippen LogP contribution in [0, 0.1) is 0 Å². The number of hydrogen-bond acceptors (Lipinski definition) is 8. The molecule has 4 rings (SSSR count). The number of carbonyl (C=O) groups excluding carboxylic acids is 1. The fourth-order valence-electron chi connectivity index (χ4n) is 2.41.